The van der Waals surface area contributed by atoms with Gasteiger partial charge in [-0.25, -0.2) is 15.0 Å². The second-order valence-electron chi connectivity index (χ2n) is 5.25. The number of imidazole rings is 1. The van der Waals surface area contributed by atoms with Gasteiger partial charge in [0.15, 0.2) is 5.65 Å². The van der Waals surface area contributed by atoms with Crippen molar-refractivity contribution in [2.75, 3.05) is 11.5 Å². The third-order valence-corrected chi connectivity index (χ3v) is 5.06. The number of pyridine rings is 2. The van der Waals surface area contributed by atoms with E-state index in [9.17, 15) is 0 Å². The van der Waals surface area contributed by atoms with Gasteiger partial charge in [-0.3, -0.25) is 4.57 Å². The predicted octanol–water partition coefficient (Wildman–Crippen LogP) is 3.43. The van der Waals surface area contributed by atoms with Crippen LogP contribution in [0.2, 0.25) is 0 Å². The molecule has 21 heavy (non-hydrogen) atoms. The Bertz CT molecular complexity index is 747. The van der Waals surface area contributed by atoms with E-state index < -0.39 is 0 Å². The molecular formula is C16H16N4S. The third-order valence-electron chi connectivity index (χ3n) is 3.85. The first-order valence-corrected chi connectivity index (χ1v) is 8.41. The summed E-state index contributed by atoms with van der Waals surface area (Å²) in [5.41, 5.74) is 1.86. The van der Waals surface area contributed by atoms with Crippen LogP contribution in [0.3, 0.4) is 0 Å². The maximum Gasteiger partial charge on any atom is 0.165 e. The zero-order valence-electron chi connectivity index (χ0n) is 11.6. The van der Waals surface area contributed by atoms with E-state index in [1.54, 1.807) is 0 Å². The summed E-state index contributed by atoms with van der Waals surface area (Å²) in [6.07, 6.45) is 6.10. The Kier molecular flexibility index (Phi) is 3.35. The SMILES string of the molecule is c1ccc(-n2c(C3CCCSC3)nc3cccnc32)nc1. The zero-order chi connectivity index (χ0) is 14.1. The molecule has 0 aliphatic carbocycles. The molecule has 0 spiro atoms. The molecule has 3 aromatic rings. The van der Waals surface area contributed by atoms with E-state index in [0.29, 0.717) is 5.92 Å². The van der Waals surface area contributed by atoms with Crippen molar-refractivity contribution in [3.63, 3.8) is 0 Å². The highest BCUT2D eigenvalue weighted by Gasteiger charge is 2.24. The summed E-state index contributed by atoms with van der Waals surface area (Å²) in [5, 5.41) is 0. The first-order valence-electron chi connectivity index (χ1n) is 7.26. The molecular weight excluding hydrogens is 280 g/mol. The van der Waals surface area contributed by atoms with Gasteiger partial charge in [0.1, 0.15) is 17.2 Å². The number of fused-ring (bicyclic) bond motifs is 1. The van der Waals surface area contributed by atoms with Gasteiger partial charge in [-0.2, -0.15) is 11.8 Å². The molecule has 3 aromatic heterocycles. The van der Waals surface area contributed by atoms with Crippen molar-refractivity contribution in [3.05, 3.63) is 48.5 Å². The molecule has 5 heteroatoms. The van der Waals surface area contributed by atoms with E-state index in [0.717, 1.165) is 28.6 Å². The molecule has 0 saturated carbocycles. The van der Waals surface area contributed by atoms with Crippen LogP contribution in [0, 0.1) is 0 Å². The van der Waals surface area contributed by atoms with Gasteiger partial charge in [0.2, 0.25) is 0 Å². The average molecular weight is 296 g/mol. The first-order chi connectivity index (χ1) is 10.4. The standard InChI is InChI=1S/C16H16N4S/c1-2-8-17-14(7-1)20-15(12-5-4-10-21-11-12)19-13-6-3-9-18-16(13)20/h1-3,6-9,12H,4-5,10-11H2. The summed E-state index contributed by atoms with van der Waals surface area (Å²) in [7, 11) is 0. The molecule has 4 heterocycles. The van der Waals surface area contributed by atoms with Crippen LogP contribution in [0.5, 0.6) is 0 Å². The Hall–Kier alpha value is -1.88. The largest absolute Gasteiger partial charge is 0.264 e. The van der Waals surface area contributed by atoms with E-state index in [2.05, 4.69) is 14.5 Å². The van der Waals surface area contributed by atoms with Crippen LogP contribution in [-0.4, -0.2) is 31.0 Å². The predicted molar refractivity (Wildman–Crippen MR) is 86.0 cm³/mol. The van der Waals surface area contributed by atoms with Crippen molar-refractivity contribution in [2.45, 2.75) is 18.8 Å². The fourth-order valence-corrected chi connectivity index (χ4v) is 4.00. The number of rotatable bonds is 2. The van der Waals surface area contributed by atoms with Gasteiger partial charge in [-0.1, -0.05) is 6.07 Å². The summed E-state index contributed by atoms with van der Waals surface area (Å²) in [5.74, 6) is 4.90. The maximum atomic E-state index is 4.86. The number of aromatic nitrogens is 4. The van der Waals surface area contributed by atoms with Crippen molar-refractivity contribution >= 4 is 22.9 Å². The van der Waals surface area contributed by atoms with Crippen LogP contribution in [-0.2, 0) is 0 Å². The van der Waals surface area contributed by atoms with Gasteiger partial charge in [0.05, 0.1) is 0 Å². The Labute approximate surface area is 127 Å². The lowest BCUT2D eigenvalue weighted by molar-refractivity contribution is 0.614. The van der Waals surface area contributed by atoms with Crippen molar-refractivity contribution in [2.24, 2.45) is 0 Å². The second-order valence-corrected chi connectivity index (χ2v) is 6.40. The first kappa shape index (κ1) is 12.8. The number of hydrogen-bond acceptors (Lipinski definition) is 4. The van der Waals surface area contributed by atoms with Crippen LogP contribution < -0.4 is 0 Å². The van der Waals surface area contributed by atoms with Crippen molar-refractivity contribution in [3.8, 4) is 5.82 Å². The van der Waals surface area contributed by atoms with E-state index >= 15 is 0 Å². The Morgan fingerprint density at radius 1 is 1.10 bits per heavy atom. The number of hydrogen-bond donors (Lipinski definition) is 0. The normalized spacial score (nSPS) is 19.0. The molecule has 1 fully saturated rings. The van der Waals surface area contributed by atoms with E-state index in [-0.39, 0.29) is 0 Å². The molecule has 4 rings (SSSR count). The lowest BCUT2D eigenvalue weighted by atomic mass is 10.0. The summed E-state index contributed by atoms with van der Waals surface area (Å²) in [4.78, 5) is 13.9. The molecule has 0 N–H and O–H groups in total. The van der Waals surface area contributed by atoms with Crippen molar-refractivity contribution in [1.82, 2.24) is 19.5 Å². The molecule has 0 radical (unpaired) electrons. The van der Waals surface area contributed by atoms with E-state index in [4.69, 9.17) is 4.98 Å². The van der Waals surface area contributed by atoms with Gasteiger partial charge in [0, 0.05) is 24.1 Å². The molecule has 1 saturated heterocycles. The van der Waals surface area contributed by atoms with Crippen LogP contribution in [0.4, 0.5) is 0 Å². The molecule has 1 atom stereocenters. The molecule has 0 aromatic carbocycles. The minimum Gasteiger partial charge on any atom is -0.264 e. The summed E-state index contributed by atoms with van der Waals surface area (Å²) >= 11 is 2.02. The van der Waals surface area contributed by atoms with Crippen LogP contribution in [0.25, 0.3) is 17.0 Å². The summed E-state index contributed by atoms with van der Waals surface area (Å²) in [6, 6.07) is 9.94. The smallest absolute Gasteiger partial charge is 0.165 e. The number of thioether (sulfide) groups is 1. The zero-order valence-corrected chi connectivity index (χ0v) is 12.5. The van der Waals surface area contributed by atoms with Gasteiger partial charge < -0.3 is 0 Å². The molecule has 0 bridgehead atoms. The highest BCUT2D eigenvalue weighted by molar-refractivity contribution is 7.99. The van der Waals surface area contributed by atoms with Gasteiger partial charge in [-0.15, -0.1) is 0 Å². The monoisotopic (exact) mass is 296 g/mol. The quantitative estimate of drug-likeness (QED) is 0.726. The molecule has 0 amide bonds. The van der Waals surface area contributed by atoms with Crippen molar-refractivity contribution in [1.29, 1.82) is 0 Å². The molecule has 1 unspecified atom stereocenters. The lowest BCUT2D eigenvalue weighted by Crippen LogP contribution is -2.14. The van der Waals surface area contributed by atoms with Crippen LogP contribution >= 0.6 is 11.8 Å². The molecule has 1 aliphatic rings. The van der Waals surface area contributed by atoms with E-state index in [1.807, 2.05) is 54.5 Å². The van der Waals surface area contributed by atoms with Crippen molar-refractivity contribution < 1.29 is 0 Å². The van der Waals surface area contributed by atoms with Crippen LogP contribution in [0.1, 0.15) is 24.6 Å². The molecule has 4 nitrogen and oxygen atoms in total. The average Bonchev–Trinajstić information content (AvgIpc) is 2.96. The summed E-state index contributed by atoms with van der Waals surface area (Å²) in [6.45, 7) is 0. The van der Waals surface area contributed by atoms with Crippen LogP contribution in [0.15, 0.2) is 42.7 Å². The second kappa shape index (κ2) is 5.48. The minimum atomic E-state index is 0.486. The fraction of sp³-hybridized carbons (Fsp3) is 0.312. The van der Waals surface area contributed by atoms with E-state index in [1.165, 1.54) is 18.6 Å². The Morgan fingerprint density at radius 2 is 2.05 bits per heavy atom. The molecule has 1 aliphatic heterocycles. The third kappa shape index (κ3) is 2.31. The lowest BCUT2D eigenvalue weighted by Gasteiger charge is -2.21. The highest BCUT2D eigenvalue weighted by Crippen LogP contribution is 2.33. The number of nitrogens with zero attached hydrogens (tertiary/aromatic N) is 4. The molecule has 106 valence electrons. The highest BCUT2D eigenvalue weighted by atomic mass is 32.2. The Morgan fingerprint density at radius 3 is 2.86 bits per heavy atom. The van der Waals surface area contributed by atoms with Gasteiger partial charge in [-0.05, 0) is 42.9 Å². The maximum absolute atomic E-state index is 4.86. The van der Waals surface area contributed by atoms with Gasteiger partial charge >= 0.3 is 0 Å². The summed E-state index contributed by atoms with van der Waals surface area (Å²) < 4.78 is 2.13. The Balaban J connectivity index is 1.92. The topological polar surface area (TPSA) is 43.6 Å². The minimum absolute atomic E-state index is 0.486. The fourth-order valence-electron chi connectivity index (χ4n) is 2.86. The van der Waals surface area contributed by atoms with Gasteiger partial charge in [0.25, 0.3) is 0 Å².